The van der Waals surface area contributed by atoms with E-state index in [2.05, 4.69) is 15.0 Å². The van der Waals surface area contributed by atoms with Crippen LogP contribution >= 0.6 is 0 Å². The van der Waals surface area contributed by atoms with Crippen LogP contribution in [0.25, 0.3) is 22.4 Å². The second-order valence-corrected chi connectivity index (χ2v) is 6.62. The quantitative estimate of drug-likeness (QED) is 0.719. The van der Waals surface area contributed by atoms with Crippen molar-refractivity contribution in [2.75, 3.05) is 0 Å². The average molecular weight is 323 g/mol. The average Bonchev–Trinajstić information content (AvgIpc) is 2.96. The van der Waals surface area contributed by atoms with Gasteiger partial charge < -0.3 is 10.1 Å². The van der Waals surface area contributed by atoms with Gasteiger partial charge in [-0.25, -0.2) is 14.8 Å². The highest BCUT2D eigenvalue weighted by Gasteiger charge is 2.26. The van der Waals surface area contributed by atoms with Gasteiger partial charge in [0, 0.05) is 17.2 Å². The van der Waals surface area contributed by atoms with E-state index in [9.17, 15) is 9.59 Å². The predicted octanol–water partition coefficient (Wildman–Crippen LogP) is 3.55. The van der Waals surface area contributed by atoms with E-state index in [1.165, 1.54) is 12.1 Å². The molecule has 2 N–H and O–H groups in total. The SMILES string of the molecule is CC(C)(C)C(=O)c1c[nH]c2ncc(-c3cccc(C(=O)O)c3)nc12. The number of aromatic carboxylic acids is 1. The highest BCUT2D eigenvalue weighted by Crippen LogP contribution is 2.27. The molecule has 0 aliphatic heterocycles. The van der Waals surface area contributed by atoms with E-state index in [0.717, 1.165) is 0 Å². The molecule has 6 heteroatoms. The molecule has 6 nitrogen and oxygen atoms in total. The molecule has 2 heterocycles. The van der Waals surface area contributed by atoms with Gasteiger partial charge in [0.15, 0.2) is 11.4 Å². The summed E-state index contributed by atoms with van der Waals surface area (Å²) in [5.74, 6) is -1.03. The van der Waals surface area contributed by atoms with E-state index in [4.69, 9.17) is 5.11 Å². The lowest BCUT2D eigenvalue weighted by Crippen LogP contribution is -2.20. The minimum atomic E-state index is -1.00. The molecule has 0 aliphatic carbocycles. The second kappa shape index (κ2) is 5.56. The van der Waals surface area contributed by atoms with Gasteiger partial charge in [0.1, 0.15) is 5.52 Å². The van der Waals surface area contributed by atoms with Crippen molar-refractivity contribution >= 4 is 22.9 Å². The molecule has 0 saturated heterocycles. The van der Waals surface area contributed by atoms with Crippen molar-refractivity contribution in [1.82, 2.24) is 15.0 Å². The molecule has 0 radical (unpaired) electrons. The van der Waals surface area contributed by atoms with Crippen molar-refractivity contribution in [3.8, 4) is 11.3 Å². The molecule has 3 aromatic rings. The van der Waals surface area contributed by atoms with Crippen LogP contribution in [0.15, 0.2) is 36.7 Å². The molecule has 0 fully saturated rings. The normalized spacial score (nSPS) is 11.6. The summed E-state index contributed by atoms with van der Waals surface area (Å²) in [7, 11) is 0. The highest BCUT2D eigenvalue weighted by molar-refractivity contribution is 6.08. The van der Waals surface area contributed by atoms with Crippen LogP contribution in [0.3, 0.4) is 0 Å². The number of Topliss-reactive ketones (excluding diaryl/α,β-unsaturated/α-hetero) is 1. The molecule has 122 valence electrons. The lowest BCUT2D eigenvalue weighted by Gasteiger charge is -2.15. The topological polar surface area (TPSA) is 95.9 Å². The van der Waals surface area contributed by atoms with Gasteiger partial charge in [-0.1, -0.05) is 32.9 Å². The first-order valence-electron chi connectivity index (χ1n) is 7.50. The number of aromatic amines is 1. The fraction of sp³-hybridized carbons (Fsp3) is 0.222. The summed E-state index contributed by atoms with van der Waals surface area (Å²) in [6.45, 7) is 5.55. The Kier molecular flexibility index (Phi) is 3.67. The monoisotopic (exact) mass is 323 g/mol. The summed E-state index contributed by atoms with van der Waals surface area (Å²) in [6, 6.07) is 6.47. The summed E-state index contributed by atoms with van der Waals surface area (Å²) in [5.41, 5.74) is 2.31. The van der Waals surface area contributed by atoms with E-state index in [1.54, 1.807) is 24.5 Å². The zero-order valence-electron chi connectivity index (χ0n) is 13.6. The van der Waals surface area contributed by atoms with Crippen LogP contribution in [0.5, 0.6) is 0 Å². The first-order chi connectivity index (χ1) is 11.3. The van der Waals surface area contributed by atoms with Gasteiger partial charge in [-0.05, 0) is 12.1 Å². The molecule has 0 saturated carbocycles. The summed E-state index contributed by atoms with van der Waals surface area (Å²) < 4.78 is 0. The lowest BCUT2D eigenvalue weighted by atomic mass is 9.87. The molecule has 0 aliphatic rings. The number of aromatic nitrogens is 3. The van der Waals surface area contributed by atoms with Crippen LogP contribution in [-0.2, 0) is 0 Å². The summed E-state index contributed by atoms with van der Waals surface area (Å²) >= 11 is 0. The number of carbonyl (C=O) groups excluding carboxylic acids is 1. The Morgan fingerprint density at radius 3 is 2.62 bits per heavy atom. The highest BCUT2D eigenvalue weighted by atomic mass is 16.4. The van der Waals surface area contributed by atoms with E-state index in [1.807, 2.05) is 20.8 Å². The number of carbonyl (C=O) groups is 2. The van der Waals surface area contributed by atoms with Crippen LogP contribution in [0, 0.1) is 5.41 Å². The maximum absolute atomic E-state index is 12.6. The van der Waals surface area contributed by atoms with Crippen molar-refractivity contribution < 1.29 is 14.7 Å². The molecular formula is C18H17N3O3. The van der Waals surface area contributed by atoms with Gasteiger partial charge in [-0.2, -0.15) is 0 Å². The number of hydrogen-bond donors (Lipinski definition) is 2. The predicted molar refractivity (Wildman–Crippen MR) is 90.1 cm³/mol. The number of ketones is 1. The number of hydrogen-bond acceptors (Lipinski definition) is 4. The van der Waals surface area contributed by atoms with Crippen LogP contribution in [0.2, 0.25) is 0 Å². The Morgan fingerprint density at radius 2 is 1.96 bits per heavy atom. The third-order valence-corrected chi connectivity index (χ3v) is 3.71. The molecule has 1 aromatic carbocycles. The molecule has 0 atom stereocenters. The van der Waals surface area contributed by atoms with E-state index in [-0.39, 0.29) is 11.3 Å². The van der Waals surface area contributed by atoms with Crippen molar-refractivity contribution in [1.29, 1.82) is 0 Å². The molecule has 0 bridgehead atoms. The van der Waals surface area contributed by atoms with Crippen LogP contribution < -0.4 is 0 Å². The van der Waals surface area contributed by atoms with Crippen LogP contribution in [-0.4, -0.2) is 31.8 Å². The minimum Gasteiger partial charge on any atom is -0.478 e. The van der Waals surface area contributed by atoms with Gasteiger partial charge >= 0.3 is 5.97 Å². The van der Waals surface area contributed by atoms with E-state index < -0.39 is 11.4 Å². The largest absolute Gasteiger partial charge is 0.478 e. The van der Waals surface area contributed by atoms with Crippen LogP contribution in [0.4, 0.5) is 0 Å². The Balaban J connectivity index is 2.13. The number of nitrogens with one attached hydrogen (secondary N) is 1. The summed E-state index contributed by atoms with van der Waals surface area (Å²) in [6.07, 6.45) is 3.18. The van der Waals surface area contributed by atoms with E-state index in [0.29, 0.717) is 28.0 Å². The Hall–Kier alpha value is -3.02. The summed E-state index contributed by atoms with van der Waals surface area (Å²) in [4.78, 5) is 35.5. The van der Waals surface area contributed by atoms with Crippen molar-refractivity contribution in [2.24, 2.45) is 5.41 Å². The number of H-pyrrole nitrogens is 1. The van der Waals surface area contributed by atoms with Crippen LogP contribution in [0.1, 0.15) is 41.5 Å². The van der Waals surface area contributed by atoms with Gasteiger partial charge in [-0.3, -0.25) is 4.79 Å². The Morgan fingerprint density at radius 1 is 1.21 bits per heavy atom. The standard InChI is InChI=1S/C18H17N3O3/c1-18(2,3)15(22)12-8-19-16-14(12)21-13(9-20-16)10-5-4-6-11(7-10)17(23)24/h4-9H,1-3H3,(H,19,20)(H,23,24). The minimum absolute atomic E-state index is 0.0283. The van der Waals surface area contributed by atoms with Gasteiger partial charge in [0.2, 0.25) is 0 Å². The summed E-state index contributed by atoms with van der Waals surface area (Å²) in [5, 5.41) is 9.12. The third-order valence-electron chi connectivity index (χ3n) is 3.71. The van der Waals surface area contributed by atoms with Crippen molar-refractivity contribution in [3.05, 3.63) is 47.8 Å². The molecular weight excluding hydrogens is 306 g/mol. The first kappa shape index (κ1) is 15.9. The fourth-order valence-corrected chi connectivity index (χ4v) is 2.42. The van der Waals surface area contributed by atoms with Gasteiger partial charge in [-0.15, -0.1) is 0 Å². The smallest absolute Gasteiger partial charge is 0.335 e. The molecule has 0 spiro atoms. The van der Waals surface area contributed by atoms with Crippen molar-refractivity contribution in [2.45, 2.75) is 20.8 Å². The second-order valence-electron chi connectivity index (χ2n) is 6.62. The maximum atomic E-state index is 12.6. The number of carboxylic acids is 1. The fourth-order valence-electron chi connectivity index (χ4n) is 2.42. The number of nitrogens with zero attached hydrogens (tertiary/aromatic N) is 2. The van der Waals surface area contributed by atoms with Gasteiger partial charge in [0.25, 0.3) is 0 Å². The van der Waals surface area contributed by atoms with Crippen molar-refractivity contribution in [3.63, 3.8) is 0 Å². The van der Waals surface area contributed by atoms with Gasteiger partial charge in [0.05, 0.1) is 23.0 Å². The molecule has 0 amide bonds. The number of fused-ring (bicyclic) bond motifs is 1. The number of benzene rings is 1. The number of rotatable bonds is 3. The zero-order valence-corrected chi connectivity index (χ0v) is 13.6. The Labute approximate surface area is 138 Å². The maximum Gasteiger partial charge on any atom is 0.335 e. The number of carboxylic acid groups (broad SMARTS) is 1. The van der Waals surface area contributed by atoms with E-state index >= 15 is 0 Å². The molecule has 24 heavy (non-hydrogen) atoms. The molecule has 2 aromatic heterocycles. The lowest BCUT2D eigenvalue weighted by molar-refractivity contribution is 0.0696. The first-order valence-corrected chi connectivity index (χ1v) is 7.50. The third kappa shape index (κ3) is 2.78. The zero-order chi connectivity index (χ0) is 17.5. The Bertz CT molecular complexity index is 952. The molecule has 3 rings (SSSR count). The molecule has 0 unspecified atom stereocenters.